The van der Waals surface area contributed by atoms with Crippen molar-refractivity contribution in [2.45, 2.75) is 13.3 Å². The number of hydrogen-bond donors (Lipinski definition) is 1. The minimum atomic E-state index is -0.137. The molecule has 0 atom stereocenters. The number of nitrogens with zero attached hydrogens (tertiary/aromatic N) is 2. The zero-order chi connectivity index (χ0) is 16.2. The Kier molecular flexibility index (Phi) is 4.79. The molecule has 4 nitrogen and oxygen atoms in total. The summed E-state index contributed by atoms with van der Waals surface area (Å²) in [6.07, 6.45) is 0.884. The maximum atomic E-state index is 12.5. The minimum Gasteiger partial charge on any atom is -0.351 e. The highest BCUT2D eigenvalue weighted by Crippen LogP contribution is 2.26. The van der Waals surface area contributed by atoms with E-state index in [1.165, 1.54) is 0 Å². The maximum absolute atomic E-state index is 12.5. The van der Waals surface area contributed by atoms with Gasteiger partial charge in [-0.2, -0.15) is 5.10 Å². The summed E-state index contributed by atoms with van der Waals surface area (Å²) in [7, 11) is 0. The molecule has 1 N–H and O–H groups in total. The average Bonchev–Trinajstić information content (AvgIpc) is 3.21. The second-order valence-corrected chi connectivity index (χ2v) is 6.42. The molecule has 118 valence electrons. The number of benzene rings is 1. The molecular formula is C17H16ClN3OS. The number of aromatic nitrogens is 2. The van der Waals surface area contributed by atoms with Gasteiger partial charge in [-0.1, -0.05) is 30.7 Å². The van der Waals surface area contributed by atoms with Crippen LogP contribution in [-0.4, -0.2) is 22.2 Å². The van der Waals surface area contributed by atoms with E-state index in [4.69, 9.17) is 11.6 Å². The first-order valence-corrected chi connectivity index (χ1v) is 8.63. The lowest BCUT2D eigenvalue weighted by Crippen LogP contribution is -2.26. The summed E-state index contributed by atoms with van der Waals surface area (Å²) in [6.45, 7) is 2.65. The van der Waals surface area contributed by atoms with E-state index in [0.29, 0.717) is 17.3 Å². The molecule has 6 heteroatoms. The highest BCUT2D eigenvalue weighted by atomic mass is 35.5. The first-order valence-electron chi connectivity index (χ1n) is 7.37. The smallest absolute Gasteiger partial charge is 0.270 e. The van der Waals surface area contributed by atoms with E-state index in [2.05, 4.69) is 10.4 Å². The number of hydrogen-bond acceptors (Lipinski definition) is 3. The molecule has 0 saturated carbocycles. The van der Waals surface area contributed by atoms with Crippen LogP contribution in [0.1, 0.15) is 23.8 Å². The zero-order valence-corrected chi connectivity index (χ0v) is 14.2. The second-order valence-electron chi connectivity index (χ2n) is 5.04. The Labute approximate surface area is 143 Å². The number of nitrogens with one attached hydrogen (secondary N) is 1. The highest BCUT2D eigenvalue weighted by molar-refractivity contribution is 7.13. The van der Waals surface area contributed by atoms with Crippen LogP contribution in [0.3, 0.4) is 0 Å². The molecular weight excluding hydrogens is 330 g/mol. The molecule has 2 heterocycles. The minimum absolute atomic E-state index is 0.137. The van der Waals surface area contributed by atoms with Crippen molar-refractivity contribution in [1.29, 1.82) is 0 Å². The van der Waals surface area contributed by atoms with Crippen molar-refractivity contribution < 1.29 is 4.79 Å². The van der Waals surface area contributed by atoms with E-state index in [-0.39, 0.29) is 5.91 Å². The molecule has 0 aliphatic carbocycles. The van der Waals surface area contributed by atoms with Gasteiger partial charge in [-0.25, -0.2) is 4.68 Å². The summed E-state index contributed by atoms with van der Waals surface area (Å²) in [6, 6.07) is 13.1. The van der Waals surface area contributed by atoms with Crippen LogP contribution >= 0.6 is 22.9 Å². The van der Waals surface area contributed by atoms with Crippen molar-refractivity contribution in [3.63, 3.8) is 0 Å². The molecule has 1 aromatic carbocycles. The lowest BCUT2D eigenvalue weighted by atomic mass is 10.2. The standard InChI is InChI=1S/C17H16ClN3OS/c1-2-8-19-17(22)15-11-14(16-7-4-9-23-16)20-21(15)13-6-3-5-12(18)10-13/h3-7,9-11H,2,8H2,1H3,(H,19,22). The number of rotatable bonds is 5. The van der Waals surface area contributed by atoms with Gasteiger partial charge in [0.1, 0.15) is 11.4 Å². The normalized spacial score (nSPS) is 10.7. The second kappa shape index (κ2) is 6.98. The van der Waals surface area contributed by atoms with Gasteiger partial charge in [0, 0.05) is 11.6 Å². The molecule has 3 rings (SSSR count). The van der Waals surface area contributed by atoms with E-state index in [1.807, 2.05) is 42.6 Å². The Bertz CT molecular complexity index is 811. The fourth-order valence-electron chi connectivity index (χ4n) is 2.22. The Hall–Kier alpha value is -2.11. The number of amides is 1. The predicted molar refractivity (Wildman–Crippen MR) is 94.5 cm³/mol. The number of halogens is 1. The van der Waals surface area contributed by atoms with Crippen molar-refractivity contribution in [1.82, 2.24) is 15.1 Å². The topological polar surface area (TPSA) is 46.9 Å². The molecule has 2 aromatic heterocycles. The summed E-state index contributed by atoms with van der Waals surface area (Å²) in [5.41, 5.74) is 2.05. The first-order chi connectivity index (χ1) is 11.2. The van der Waals surface area contributed by atoms with Gasteiger partial charge in [0.2, 0.25) is 0 Å². The molecule has 23 heavy (non-hydrogen) atoms. The van der Waals surface area contributed by atoms with Crippen molar-refractivity contribution in [3.05, 3.63) is 58.6 Å². The Morgan fingerprint density at radius 3 is 2.87 bits per heavy atom. The predicted octanol–water partition coefficient (Wildman–Crippen LogP) is 4.39. The average molecular weight is 346 g/mol. The largest absolute Gasteiger partial charge is 0.351 e. The third kappa shape index (κ3) is 3.46. The van der Waals surface area contributed by atoms with Gasteiger partial charge in [-0.15, -0.1) is 11.3 Å². The third-order valence-corrected chi connectivity index (χ3v) is 4.43. The van der Waals surface area contributed by atoms with Gasteiger partial charge in [0.25, 0.3) is 5.91 Å². The van der Waals surface area contributed by atoms with Crippen LogP contribution in [0.2, 0.25) is 5.02 Å². The lowest BCUT2D eigenvalue weighted by Gasteiger charge is -2.08. The van der Waals surface area contributed by atoms with Gasteiger partial charge in [-0.05, 0) is 42.1 Å². The number of carbonyl (C=O) groups excluding carboxylic acids is 1. The van der Waals surface area contributed by atoms with Crippen LogP contribution < -0.4 is 5.32 Å². The van der Waals surface area contributed by atoms with Gasteiger partial charge in [0.15, 0.2) is 0 Å². The quantitative estimate of drug-likeness (QED) is 0.745. The van der Waals surface area contributed by atoms with E-state index in [1.54, 1.807) is 28.2 Å². The SMILES string of the molecule is CCCNC(=O)c1cc(-c2cccs2)nn1-c1cccc(Cl)c1. The van der Waals surface area contributed by atoms with E-state index < -0.39 is 0 Å². The molecule has 0 fully saturated rings. The first kappa shape index (κ1) is 15.8. The Morgan fingerprint density at radius 2 is 2.17 bits per heavy atom. The lowest BCUT2D eigenvalue weighted by molar-refractivity contribution is 0.0946. The van der Waals surface area contributed by atoms with Gasteiger partial charge in [-0.3, -0.25) is 4.79 Å². The van der Waals surface area contributed by atoms with Gasteiger partial charge in [0.05, 0.1) is 10.6 Å². The van der Waals surface area contributed by atoms with Crippen LogP contribution in [0.25, 0.3) is 16.3 Å². The number of carbonyl (C=O) groups is 1. The van der Waals surface area contributed by atoms with Crippen LogP contribution in [0.5, 0.6) is 0 Å². The zero-order valence-electron chi connectivity index (χ0n) is 12.6. The summed E-state index contributed by atoms with van der Waals surface area (Å²) in [5.74, 6) is -0.137. The Balaban J connectivity index is 2.06. The summed E-state index contributed by atoms with van der Waals surface area (Å²) < 4.78 is 1.64. The maximum Gasteiger partial charge on any atom is 0.270 e. The highest BCUT2D eigenvalue weighted by Gasteiger charge is 2.17. The van der Waals surface area contributed by atoms with E-state index in [9.17, 15) is 4.79 Å². The van der Waals surface area contributed by atoms with Crippen molar-refractivity contribution in [2.24, 2.45) is 0 Å². The van der Waals surface area contributed by atoms with Crippen LogP contribution in [-0.2, 0) is 0 Å². The molecule has 0 bridgehead atoms. The monoisotopic (exact) mass is 345 g/mol. The molecule has 3 aromatic rings. The fraction of sp³-hybridized carbons (Fsp3) is 0.176. The molecule has 0 radical (unpaired) electrons. The van der Waals surface area contributed by atoms with Crippen LogP contribution in [0, 0.1) is 0 Å². The van der Waals surface area contributed by atoms with E-state index >= 15 is 0 Å². The molecule has 1 amide bonds. The molecule has 0 unspecified atom stereocenters. The van der Waals surface area contributed by atoms with Crippen molar-refractivity contribution in [2.75, 3.05) is 6.54 Å². The molecule has 0 aliphatic rings. The van der Waals surface area contributed by atoms with Gasteiger partial charge >= 0.3 is 0 Å². The molecule has 0 spiro atoms. The Morgan fingerprint density at radius 1 is 1.30 bits per heavy atom. The van der Waals surface area contributed by atoms with Gasteiger partial charge < -0.3 is 5.32 Å². The van der Waals surface area contributed by atoms with Crippen molar-refractivity contribution >= 4 is 28.8 Å². The summed E-state index contributed by atoms with van der Waals surface area (Å²) in [5, 5.41) is 10.1. The van der Waals surface area contributed by atoms with Crippen LogP contribution in [0.15, 0.2) is 47.8 Å². The van der Waals surface area contributed by atoms with Crippen molar-refractivity contribution in [3.8, 4) is 16.3 Å². The molecule has 0 saturated heterocycles. The van der Waals surface area contributed by atoms with Crippen LogP contribution in [0.4, 0.5) is 0 Å². The van der Waals surface area contributed by atoms with E-state index in [0.717, 1.165) is 22.7 Å². The number of thiophene rings is 1. The molecule has 0 aliphatic heterocycles. The third-order valence-electron chi connectivity index (χ3n) is 3.30. The summed E-state index contributed by atoms with van der Waals surface area (Å²) in [4.78, 5) is 13.5. The summed E-state index contributed by atoms with van der Waals surface area (Å²) >= 11 is 7.67. The fourth-order valence-corrected chi connectivity index (χ4v) is 3.09.